The van der Waals surface area contributed by atoms with E-state index in [0.717, 1.165) is 69.3 Å². The molecule has 0 aromatic heterocycles. The van der Waals surface area contributed by atoms with Gasteiger partial charge in [-0.05, 0) is 37.8 Å². The van der Waals surface area contributed by atoms with Gasteiger partial charge < -0.3 is 25.4 Å². The number of carbonyl (C=O) groups excluding carboxylic acids is 1. The maximum absolute atomic E-state index is 11.9. The Labute approximate surface area is 203 Å². The highest BCUT2D eigenvalue weighted by atomic mass is 127. The highest BCUT2D eigenvalue weighted by Crippen LogP contribution is 2.18. The van der Waals surface area contributed by atoms with Crippen molar-refractivity contribution in [3.8, 4) is 11.5 Å². The fourth-order valence-electron chi connectivity index (χ4n) is 3.31. The molecule has 0 saturated carbocycles. The van der Waals surface area contributed by atoms with Crippen LogP contribution >= 0.6 is 24.0 Å². The second kappa shape index (κ2) is 16.0. The van der Waals surface area contributed by atoms with Crippen molar-refractivity contribution in [1.82, 2.24) is 20.9 Å². The van der Waals surface area contributed by atoms with Crippen molar-refractivity contribution in [2.45, 2.75) is 38.6 Å². The van der Waals surface area contributed by atoms with Crippen LogP contribution < -0.4 is 25.4 Å². The number of guanidine groups is 1. The Kier molecular flexibility index (Phi) is 14.1. The number of nitrogens with zero attached hydrogens (tertiary/aromatic N) is 2. The standard InChI is InChI=1S/C22H37N5O3.HI/c1-4-11-24-21(28)17-27-13-9-18(10-14-27)26-22(23-2)25-12-6-15-30-20-8-5-7-19(16-20)29-3;/h5,7-8,16,18H,4,6,9-15,17H2,1-3H3,(H,24,28)(H2,23,25,26);1H. The highest BCUT2D eigenvalue weighted by Gasteiger charge is 2.21. The molecule has 0 spiro atoms. The van der Waals surface area contributed by atoms with Crippen molar-refractivity contribution >= 4 is 35.8 Å². The molecule has 3 N–H and O–H groups in total. The Morgan fingerprint density at radius 3 is 2.61 bits per heavy atom. The molecule has 0 atom stereocenters. The van der Waals surface area contributed by atoms with E-state index >= 15 is 0 Å². The molecule has 31 heavy (non-hydrogen) atoms. The van der Waals surface area contributed by atoms with Crippen molar-refractivity contribution in [2.24, 2.45) is 4.99 Å². The highest BCUT2D eigenvalue weighted by molar-refractivity contribution is 14.0. The van der Waals surface area contributed by atoms with Crippen molar-refractivity contribution in [2.75, 3.05) is 53.5 Å². The third kappa shape index (κ3) is 10.9. The lowest BCUT2D eigenvalue weighted by atomic mass is 10.1. The largest absolute Gasteiger partial charge is 0.497 e. The summed E-state index contributed by atoms with van der Waals surface area (Å²) in [4.78, 5) is 18.4. The second-order valence-corrected chi connectivity index (χ2v) is 7.42. The first-order chi connectivity index (χ1) is 14.6. The molecule has 2 rings (SSSR count). The minimum absolute atomic E-state index is 0. The van der Waals surface area contributed by atoms with E-state index in [0.29, 0.717) is 19.2 Å². The average molecular weight is 547 g/mol. The van der Waals surface area contributed by atoms with Crippen molar-refractivity contribution in [1.29, 1.82) is 0 Å². The van der Waals surface area contributed by atoms with E-state index in [-0.39, 0.29) is 29.9 Å². The zero-order valence-electron chi connectivity index (χ0n) is 19.0. The quantitative estimate of drug-likeness (QED) is 0.171. The second-order valence-electron chi connectivity index (χ2n) is 7.42. The summed E-state index contributed by atoms with van der Waals surface area (Å²) in [6.45, 7) is 6.55. The van der Waals surface area contributed by atoms with Crippen LogP contribution in [-0.2, 0) is 4.79 Å². The van der Waals surface area contributed by atoms with Gasteiger partial charge in [0.1, 0.15) is 11.5 Å². The Morgan fingerprint density at radius 2 is 1.94 bits per heavy atom. The summed E-state index contributed by atoms with van der Waals surface area (Å²) in [5, 5.41) is 9.78. The number of carbonyl (C=O) groups is 1. The Balaban J connectivity index is 0.00000480. The molecule has 0 radical (unpaired) electrons. The lowest BCUT2D eigenvalue weighted by Crippen LogP contribution is -2.50. The predicted octanol–water partition coefficient (Wildman–Crippen LogP) is 2.24. The van der Waals surface area contributed by atoms with Crippen LogP contribution in [0.4, 0.5) is 0 Å². The lowest BCUT2D eigenvalue weighted by Gasteiger charge is -2.32. The number of amides is 1. The van der Waals surface area contributed by atoms with Crippen LogP contribution in [0.2, 0.25) is 0 Å². The molecule has 1 aliphatic rings. The zero-order valence-corrected chi connectivity index (χ0v) is 21.3. The Hall–Kier alpha value is -1.75. The van der Waals surface area contributed by atoms with Gasteiger partial charge in [-0.3, -0.25) is 14.7 Å². The summed E-state index contributed by atoms with van der Waals surface area (Å²) in [5.41, 5.74) is 0. The summed E-state index contributed by atoms with van der Waals surface area (Å²) < 4.78 is 11.0. The predicted molar refractivity (Wildman–Crippen MR) is 136 cm³/mol. The smallest absolute Gasteiger partial charge is 0.234 e. The minimum Gasteiger partial charge on any atom is -0.497 e. The number of aliphatic imine (C=N–C) groups is 1. The van der Waals surface area contributed by atoms with Gasteiger partial charge in [0.25, 0.3) is 0 Å². The topological polar surface area (TPSA) is 87.2 Å². The molecule has 0 bridgehead atoms. The fourth-order valence-corrected chi connectivity index (χ4v) is 3.31. The molecule has 1 amide bonds. The molecular weight excluding hydrogens is 509 g/mol. The minimum atomic E-state index is 0. The van der Waals surface area contributed by atoms with Gasteiger partial charge >= 0.3 is 0 Å². The number of benzene rings is 1. The van der Waals surface area contributed by atoms with Gasteiger partial charge in [0.2, 0.25) is 5.91 Å². The van der Waals surface area contributed by atoms with Crippen LogP contribution in [0.5, 0.6) is 11.5 Å². The van der Waals surface area contributed by atoms with Crippen molar-refractivity contribution in [3.63, 3.8) is 0 Å². The Bertz CT molecular complexity index is 666. The summed E-state index contributed by atoms with van der Waals surface area (Å²) in [6, 6.07) is 8.00. The van der Waals surface area contributed by atoms with Crippen LogP contribution in [0, 0.1) is 0 Å². The normalized spacial score (nSPS) is 15.0. The molecule has 1 aliphatic heterocycles. The number of hydrogen-bond donors (Lipinski definition) is 3. The van der Waals surface area contributed by atoms with Crippen LogP contribution in [0.3, 0.4) is 0 Å². The average Bonchev–Trinajstić information content (AvgIpc) is 2.78. The molecule has 176 valence electrons. The van der Waals surface area contributed by atoms with Crippen LogP contribution in [0.25, 0.3) is 0 Å². The van der Waals surface area contributed by atoms with E-state index < -0.39 is 0 Å². The Morgan fingerprint density at radius 1 is 1.19 bits per heavy atom. The van der Waals surface area contributed by atoms with Gasteiger partial charge in [-0.2, -0.15) is 0 Å². The first-order valence-corrected chi connectivity index (χ1v) is 10.9. The molecule has 9 heteroatoms. The van der Waals surface area contributed by atoms with Crippen LogP contribution in [-0.4, -0.2) is 76.3 Å². The number of rotatable bonds is 11. The van der Waals surface area contributed by atoms with E-state index in [2.05, 4.69) is 32.8 Å². The number of halogens is 1. The monoisotopic (exact) mass is 547 g/mol. The molecule has 1 aromatic carbocycles. The SMILES string of the molecule is CCCNC(=O)CN1CCC(NC(=NC)NCCCOc2cccc(OC)c2)CC1.I. The number of likely N-dealkylation sites (tertiary alicyclic amines) is 1. The molecule has 1 heterocycles. The maximum Gasteiger partial charge on any atom is 0.234 e. The van der Waals surface area contributed by atoms with E-state index in [1.165, 1.54) is 0 Å². The number of hydrogen-bond acceptors (Lipinski definition) is 5. The van der Waals surface area contributed by atoms with Gasteiger partial charge in [-0.25, -0.2) is 0 Å². The molecule has 0 aliphatic carbocycles. The first-order valence-electron chi connectivity index (χ1n) is 10.9. The van der Waals surface area contributed by atoms with Gasteiger partial charge in [0.15, 0.2) is 5.96 Å². The number of piperidine rings is 1. The van der Waals surface area contributed by atoms with E-state index in [1.54, 1.807) is 14.2 Å². The van der Waals surface area contributed by atoms with Crippen molar-refractivity contribution in [3.05, 3.63) is 24.3 Å². The maximum atomic E-state index is 11.9. The lowest BCUT2D eigenvalue weighted by molar-refractivity contribution is -0.122. The zero-order chi connectivity index (χ0) is 21.6. The third-order valence-electron chi connectivity index (χ3n) is 5.01. The summed E-state index contributed by atoms with van der Waals surface area (Å²) in [5.74, 6) is 2.54. The third-order valence-corrected chi connectivity index (χ3v) is 5.01. The number of methoxy groups -OCH3 is 1. The van der Waals surface area contributed by atoms with Crippen molar-refractivity contribution < 1.29 is 14.3 Å². The molecule has 0 unspecified atom stereocenters. The summed E-state index contributed by atoms with van der Waals surface area (Å²) in [6.07, 6.45) is 3.83. The molecule has 8 nitrogen and oxygen atoms in total. The molecule has 1 saturated heterocycles. The number of nitrogens with one attached hydrogen (secondary N) is 3. The van der Waals surface area contributed by atoms with Crippen LogP contribution in [0.1, 0.15) is 32.6 Å². The van der Waals surface area contributed by atoms with E-state index in [1.807, 2.05) is 24.3 Å². The fraction of sp³-hybridized carbons (Fsp3) is 0.636. The summed E-state index contributed by atoms with van der Waals surface area (Å²) >= 11 is 0. The molecule has 1 aromatic rings. The van der Waals surface area contributed by atoms with E-state index in [9.17, 15) is 4.79 Å². The molecular formula is C22H38IN5O3. The van der Waals surface area contributed by atoms with Gasteiger partial charge in [0, 0.05) is 45.3 Å². The van der Waals surface area contributed by atoms with Gasteiger partial charge in [-0.1, -0.05) is 13.0 Å². The first kappa shape index (κ1) is 27.3. The van der Waals surface area contributed by atoms with E-state index in [4.69, 9.17) is 9.47 Å². The molecule has 1 fully saturated rings. The van der Waals surface area contributed by atoms with Crippen LogP contribution in [0.15, 0.2) is 29.3 Å². The summed E-state index contributed by atoms with van der Waals surface area (Å²) in [7, 11) is 3.44. The number of ether oxygens (including phenoxy) is 2. The van der Waals surface area contributed by atoms with Gasteiger partial charge in [-0.15, -0.1) is 24.0 Å². The van der Waals surface area contributed by atoms with Gasteiger partial charge in [0.05, 0.1) is 20.3 Å².